The standard InChI is InChI=1S/C21H24N4OS/c1-15(22)16-9-11-24(12-10-16)21(26)18-14-25(17-6-3-2-4-7-17)23-20(18)19-8-5-13-27-19/h2-8,13-16H,9-12,22H2,1H3. The predicted molar refractivity (Wildman–Crippen MR) is 109 cm³/mol. The Morgan fingerprint density at radius 2 is 1.93 bits per heavy atom. The predicted octanol–water partition coefficient (Wildman–Crippen LogP) is 3.80. The number of hydrogen-bond acceptors (Lipinski definition) is 4. The number of nitrogens with two attached hydrogens (primary N) is 1. The van der Waals surface area contributed by atoms with E-state index in [1.165, 1.54) is 0 Å². The van der Waals surface area contributed by atoms with Crippen LogP contribution in [0, 0.1) is 5.92 Å². The smallest absolute Gasteiger partial charge is 0.257 e. The lowest BCUT2D eigenvalue weighted by Crippen LogP contribution is -2.42. The molecule has 6 heteroatoms. The van der Waals surface area contributed by atoms with Gasteiger partial charge in [-0.25, -0.2) is 4.68 Å². The number of thiophene rings is 1. The van der Waals surface area contributed by atoms with Gasteiger partial charge >= 0.3 is 0 Å². The van der Waals surface area contributed by atoms with Crippen molar-refractivity contribution in [2.24, 2.45) is 11.7 Å². The molecule has 1 saturated heterocycles. The number of aromatic nitrogens is 2. The lowest BCUT2D eigenvalue weighted by molar-refractivity contribution is 0.0682. The second kappa shape index (κ2) is 7.66. The summed E-state index contributed by atoms with van der Waals surface area (Å²) >= 11 is 1.60. The summed E-state index contributed by atoms with van der Waals surface area (Å²) in [5.74, 6) is 0.557. The van der Waals surface area contributed by atoms with Crippen molar-refractivity contribution in [3.63, 3.8) is 0 Å². The van der Waals surface area contributed by atoms with E-state index >= 15 is 0 Å². The number of benzene rings is 1. The van der Waals surface area contributed by atoms with E-state index in [1.54, 1.807) is 16.0 Å². The zero-order valence-corrected chi connectivity index (χ0v) is 16.2. The van der Waals surface area contributed by atoms with Crippen molar-refractivity contribution in [2.45, 2.75) is 25.8 Å². The Bertz CT molecular complexity index is 894. The molecule has 0 radical (unpaired) electrons. The van der Waals surface area contributed by atoms with E-state index in [-0.39, 0.29) is 11.9 Å². The molecule has 3 aromatic rings. The van der Waals surface area contributed by atoms with Gasteiger partial charge in [0.05, 0.1) is 16.1 Å². The molecular formula is C21H24N4OS. The molecule has 3 heterocycles. The summed E-state index contributed by atoms with van der Waals surface area (Å²) in [7, 11) is 0. The second-order valence-corrected chi connectivity index (χ2v) is 8.09. The molecule has 0 bridgehead atoms. The monoisotopic (exact) mass is 380 g/mol. The average Bonchev–Trinajstić information content (AvgIpc) is 3.38. The molecule has 27 heavy (non-hydrogen) atoms. The number of hydrogen-bond donors (Lipinski definition) is 1. The molecule has 0 aliphatic carbocycles. The van der Waals surface area contributed by atoms with Crippen LogP contribution in [0.5, 0.6) is 0 Å². The Morgan fingerprint density at radius 3 is 2.56 bits per heavy atom. The molecule has 140 valence electrons. The van der Waals surface area contributed by atoms with Gasteiger partial charge in [0.1, 0.15) is 5.69 Å². The van der Waals surface area contributed by atoms with Crippen LogP contribution in [-0.2, 0) is 0 Å². The van der Waals surface area contributed by atoms with Gasteiger partial charge in [-0.3, -0.25) is 4.79 Å². The van der Waals surface area contributed by atoms with Crippen LogP contribution in [0.4, 0.5) is 0 Å². The Hall–Kier alpha value is -2.44. The summed E-state index contributed by atoms with van der Waals surface area (Å²) < 4.78 is 1.80. The van der Waals surface area contributed by atoms with Crippen molar-refractivity contribution in [3.05, 3.63) is 59.6 Å². The molecule has 1 amide bonds. The van der Waals surface area contributed by atoms with Gasteiger partial charge in [-0.2, -0.15) is 5.10 Å². The van der Waals surface area contributed by atoms with Crippen LogP contribution in [0.3, 0.4) is 0 Å². The first-order valence-electron chi connectivity index (χ1n) is 9.37. The van der Waals surface area contributed by atoms with Crippen LogP contribution in [0.15, 0.2) is 54.0 Å². The van der Waals surface area contributed by atoms with Crippen molar-refractivity contribution < 1.29 is 4.79 Å². The highest BCUT2D eigenvalue weighted by Gasteiger charge is 2.28. The van der Waals surface area contributed by atoms with Crippen molar-refractivity contribution in [1.29, 1.82) is 0 Å². The highest BCUT2D eigenvalue weighted by Crippen LogP contribution is 2.30. The first-order valence-corrected chi connectivity index (χ1v) is 10.3. The highest BCUT2D eigenvalue weighted by molar-refractivity contribution is 7.13. The number of para-hydroxylation sites is 1. The molecule has 1 atom stereocenters. The SMILES string of the molecule is CC(N)C1CCN(C(=O)c2cn(-c3ccccc3)nc2-c2cccs2)CC1. The fourth-order valence-electron chi connectivity index (χ4n) is 3.64. The van der Waals surface area contributed by atoms with Crippen LogP contribution in [0.2, 0.25) is 0 Å². The third-order valence-electron chi connectivity index (χ3n) is 5.29. The van der Waals surface area contributed by atoms with Gasteiger partial charge in [0.25, 0.3) is 5.91 Å². The Morgan fingerprint density at radius 1 is 1.19 bits per heavy atom. The number of amides is 1. The summed E-state index contributed by atoms with van der Waals surface area (Å²) in [6.45, 7) is 3.57. The minimum atomic E-state index is 0.0590. The zero-order valence-electron chi connectivity index (χ0n) is 15.4. The van der Waals surface area contributed by atoms with Crippen LogP contribution in [-0.4, -0.2) is 39.7 Å². The maximum atomic E-state index is 13.3. The summed E-state index contributed by atoms with van der Waals surface area (Å²) in [4.78, 5) is 16.2. The van der Waals surface area contributed by atoms with Crippen molar-refractivity contribution >= 4 is 17.2 Å². The van der Waals surface area contributed by atoms with E-state index in [0.29, 0.717) is 11.5 Å². The van der Waals surface area contributed by atoms with Crippen molar-refractivity contribution in [1.82, 2.24) is 14.7 Å². The first-order chi connectivity index (χ1) is 13.1. The molecule has 0 spiro atoms. The zero-order chi connectivity index (χ0) is 18.8. The normalized spacial score (nSPS) is 16.4. The Balaban J connectivity index is 1.65. The molecule has 1 fully saturated rings. The Labute approximate surface area is 163 Å². The molecule has 4 rings (SSSR count). The van der Waals surface area contributed by atoms with Crippen LogP contribution in [0.25, 0.3) is 16.3 Å². The molecule has 1 aliphatic heterocycles. The van der Waals surface area contributed by atoms with Gasteiger partial charge in [-0.05, 0) is 49.3 Å². The number of piperidine rings is 1. The maximum Gasteiger partial charge on any atom is 0.257 e. The molecule has 5 nitrogen and oxygen atoms in total. The van der Waals surface area contributed by atoms with Crippen LogP contribution < -0.4 is 5.73 Å². The van der Waals surface area contributed by atoms with E-state index in [1.807, 2.05) is 58.9 Å². The van der Waals surface area contributed by atoms with Crippen LogP contribution >= 0.6 is 11.3 Å². The van der Waals surface area contributed by atoms with E-state index in [4.69, 9.17) is 10.8 Å². The maximum absolute atomic E-state index is 13.3. The average molecular weight is 381 g/mol. The minimum absolute atomic E-state index is 0.0590. The van der Waals surface area contributed by atoms with E-state index in [9.17, 15) is 4.79 Å². The lowest BCUT2D eigenvalue weighted by atomic mass is 9.90. The van der Waals surface area contributed by atoms with Gasteiger partial charge in [0.2, 0.25) is 0 Å². The van der Waals surface area contributed by atoms with Gasteiger partial charge in [-0.1, -0.05) is 24.3 Å². The fraction of sp³-hybridized carbons (Fsp3) is 0.333. The van der Waals surface area contributed by atoms with Gasteiger partial charge < -0.3 is 10.6 Å². The second-order valence-electron chi connectivity index (χ2n) is 7.14. The lowest BCUT2D eigenvalue weighted by Gasteiger charge is -2.33. The third-order valence-corrected chi connectivity index (χ3v) is 6.17. The summed E-state index contributed by atoms with van der Waals surface area (Å²) in [6, 6.07) is 14.1. The number of rotatable bonds is 4. The quantitative estimate of drug-likeness (QED) is 0.749. The molecule has 1 aliphatic rings. The van der Waals surface area contributed by atoms with E-state index < -0.39 is 0 Å². The number of likely N-dealkylation sites (tertiary alicyclic amines) is 1. The molecule has 1 unspecified atom stereocenters. The van der Waals surface area contributed by atoms with Gasteiger partial charge in [0, 0.05) is 25.3 Å². The number of carbonyl (C=O) groups is 1. The number of carbonyl (C=O) groups excluding carboxylic acids is 1. The van der Waals surface area contributed by atoms with Gasteiger partial charge in [0.15, 0.2) is 0 Å². The summed E-state index contributed by atoms with van der Waals surface area (Å²) in [5, 5.41) is 6.75. The Kier molecular flexibility index (Phi) is 5.09. The largest absolute Gasteiger partial charge is 0.339 e. The summed E-state index contributed by atoms with van der Waals surface area (Å²) in [5.41, 5.74) is 8.41. The molecule has 2 N–H and O–H groups in total. The van der Waals surface area contributed by atoms with E-state index in [0.717, 1.165) is 42.2 Å². The molecule has 1 aromatic carbocycles. The van der Waals surface area contributed by atoms with Crippen molar-refractivity contribution in [2.75, 3.05) is 13.1 Å². The topological polar surface area (TPSA) is 64.2 Å². The highest BCUT2D eigenvalue weighted by atomic mass is 32.1. The van der Waals surface area contributed by atoms with Gasteiger partial charge in [-0.15, -0.1) is 11.3 Å². The summed E-state index contributed by atoms with van der Waals surface area (Å²) in [6.07, 6.45) is 3.79. The minimum Gasteiger partial charge on any atom is -0.339 e. The molecular weight excluding hydrogens is 356 g/mol. The van der Waals surface area contributed by atoms with E-state index in [2.05, 4.69) is 6.92 Å². The molecule has 0 saturated carbocycles. The van der Waals surface area contributed by atoms with Crippen molar-refractivity contribution in [3.8, 4) is 16.3 Å². The van der Waals surface area contributed by atoms with Crippen LogP contribution in [0.1, 0.15) is 30.1 Å². The third kappa shape index (κ3) is 3.68. The molecule has 2 aromatic heterocycles. The first kappa shape index (κ1) is 17.9. The number of nitrogens with zero attached hydrogens (tertiary/aromatic N) is 3. The fourth-order valence-corrected chi connectivity index (χ4v) is 4.36.